The van der Waals surface area contributed by atoms with Crippen molar-refractivity contribution in [2.75, 3.05) is 27.3 Å². The highest BCUT2D eigenvalue weighted by molar-refractivity contribution is 5.88. The van der Waals surface area contributed by atoms with Crippen LogP contribution in [0.4, 0.5) is 0 Å². The lowest BCUT2D eigenvalue weighted by Crippen LogP contribution is -2.40. The zero-order valence-corrected chi connectivity index (χ0v) is 14.6. The van der Waals surface area contributed by atoms with E-state index in [0.717, 1.165) is 40.9 Å². The van der Waals surface area contributed by atoms with Gasteiger partial charge in [0.1, 0.15) is 11.5 Å². The average Bonchev–Trinajstić information content (AvgIpc) is 3.23. The summed E-state index contributed by atoms with van der Waals surface area (Å²) >= 11 is 0. The number of aromatic nitrogens is 1. The zero-order valence-electron chi connectivity index (χ0n) is 14.6. The summed E-state index contributed by atoms with van der Waals surface area (Å²) in [4.78, 5) is 15.4. The summed E-state index contributed by atoms with van der Waals surface area (Å²) in [5, 5.41) is 16.4. The largest absolute Gasteiger partial charge is 0.497 e. The summed E-state index contributed by atoms with van der Waals surface area (Å²) in [5.74, 6) is 1.48. The van der Waals surface area contributed by atoms with Gasteiger partial charge in [0.05, 0.1) is 31.9 Å². The maximum Gasteiger partial charge on any atom is 0.237 e. The van der Waals surface area contributed by atoms with Crippen LogP contribution in [0, 0.1) is 0 Å². The Morgan fingerprint density at radius 2 is 2.16 bits per heavy atom. The Kier molecular flexibility index (Phi) is 5.45. The van der Waals surface area contributed by atoms with Crippen LogP contribution in [0.2, 0.25) is 0 Å². The van der Waals surface area contributed by atoms with Crippen LogP contribution >= 0.6 is 0 Å². The minimum absolute atomic E-state index is 0.0420. The van der Waals surface area contributed by atoms with Gasteiger partial charge in [-0.25, -0.2) is 0 Å². The Balaban J connectivity index is 1.54. The zero-order chi connectivity index (χ0) is 17.8. The van der Waals surface area contributed by atoms with Crippen LogP contribution in [0.25, 0.3) is 10.9 Å². The smallest absolute Gasteiger partial charge is 0.237 e. The van der Waals surface area contributed by atoms with Crippen molar-refractivity contribution in [3.63, 3.8) is 0 Å². The number of hydrogen-bond acceptors (Lipinski definition) is 5. The second kappa shape index (κ2) is 7.76. The molecule has 0 radical (unpaired) electrons. The third kappa shape index (κ3) is 4.05. The number of carbonyl (C=O) groups excluding carboxylic acids is 1. The molecule has 4 N–H and O–H groups in total. The highest BCUT2D eigenvalue weighted by Gasteiger charge is 2.27. The fourth-order valence-electron chi connectivity index (χ4n) is 3.19. The fourth-order valence-corrected chi connectivity index (χ4v) is 3.19. The predicted octanol–water partition coefficient (Wildman–Crippen LogP) is 0.957. The van der Waals surface area contributed by atoms with Gasteiger partial charge >= 0.3 is 0 Å². The number of aromatic amines is 1. The maximum atomic E-state index is 12.0. The standard InChI is InChI=1S/C18H25N3O4/c1-24-13-8-15-14(17(9-13)25-2)6-11(21-15)4-3-5-19-18(23)16-7-12(22)10-20-16/h6,8-9,12,16,20-22H,3-5,7,10H2,1-2H3,(H,19,23). The van der Waals surface area contributed by atoms with Gasteiger partial charge in [-0.05, 0) is 25.3 Å². The van der Waals surface area contributed by atoms with E-state index in [0.29, 0.717) is 19.5 Å². The fraction of sp³-hybridized carbons (Fsp3) is 0.500. The highest BCUT2D eigenvalue weighted by atomic mass is 16.5. The van der Waals surface area contributed by atoms with Crippen molar-refractivity contribution in [2.45, 2.75) is 31.4 Å². The number of aliphatic hydroxyl groups excluding tert-OH is 1. The first kappa shape index (κ1) is 17.6. The van der Waals surface area contributed by atoms with E-state index in [-0.39, 0.29) is 11.9 Å². The molecule has 1 aromatic heterocycles. The normalized spacial score (nSPS) is 20.0. The monoisotopic (exact) mass is 347 g/mol. The summed E-state index contributed by atoms with van der Waals surface area (Å²) in [6.45, 7) is 1.08. The molecule has 2 heterocycles. The molecular weight excluding hydrogens is 322 g/mol. The number of benzene rings is 1. The first-order valence-electron chi connectivity index (χ1n) is 8.53. The molecule has 1 aliphatic heterocycles. The Hall–Kier alpha value is -2.25. The van der Waals surface area contributed by atoms with Crippen molar-refractivity contribution in [3.05, 3.63) is 23.9 Å². The molecule has 1 aliphatic rings. The van der Waals surface area contributed by atoms with E-state index in [9.17, 15) is 9.90 Å². The number of H-pyrrole nitrogens is 1. The third-order valence-electron chi connectivity index (χ3n) is 4.53. The van der Waals surface area contributed by atoms with Gasteiger partial charge in [0.15, 0.2) is 0 Å². The Bertz CT molecular complexity index is 743. The summed E-state index contributed by atoms with van der Waals surface area (Å²) in [7, 11) is 3.27. The maximum absolute atomic E-state index is 12.0. The lowest BCUT2D eigenvalue weighted by atomic mass is 10.2. The van der Waals surface area contributed by atoms with Crippen molar-refractivity contribution in [1.82, 2.24) is 15.6 Å². The van der Waals surface area contributed by atoms with Crippen LogP contribution in [-0.4, -0.2) is 55.5 Å². The van der Waals surface area contributed by atoms with E-state index in [1.54, 1.807) is 14.2 Å². The molecule has 1 fully saturated rings. The Morgan fingerprint density at radius 1 is 1.32 bits per heavy atom. The van der Waals surface area contributed by atoms with Crippen LogP contribution in [0.5, 0.6) is 11.5 Å². The number of methoxy groups -OCH3 is 2. The Morgan fingerprint density at radius 3 is 2.84 bits per heavy atom. The van der Waals surface area contributed by atoms with Gasteiger partial charge in [-0.15, -0.1) is 0 Å². The molecule has 3 rings (SSSR count). The number of aryl methyl sites for hydroxylation is 1. The molecule has 7 heteroatoms. The van der Waals surface area contributed by atoms with E-state index < -0.39 is 6.10 Å². The molecule has 0 saturated carbocycles. The number of hydrogen-bond donors (Lipinski definition) is 4. The molecule has 0 aliphatic carbocycles. The topological polar surface area (TPSA) is 95.6 Å². The van der Waals surface area contributed by atoms with Gasteiger partial charge in [-0.2, -0.15) is 0 Å². The number of carbonyl (C=O) groups is 1. The molecular formula is C18H25N3O4. The number of aliphatic hydroxyl groups is 1. The van der Waals surface area contributed by atoms with Crippen molar-refractivity contribution < 1.29 is 19.4 Å². The van der Waals surface area contributed by atoms with E-state index in [1.165, 1.54) is 0 Å². The van der Waals surface area contributed by atoms with E-state index in [1.807, 2.05) is 12.1 Å². The molecule has 0 spiro atoms. The van der Waals surface area contributed by atoms with Crippen LogP contribution < -0.4 is 20.1 Å². The molecule has 1 aromatic carbocycles. The Labute approximate surface area is 146 Å². The van der Waals surface area contributed by atoms with Crippen LogP contribution in [-0.2, 0) is 11.2 Å². The second-order valence-electron chi connectivity index (χ2n) is 6.33. The second-order valence-corrected chi connectivity index (χ2v) is 6.33. The van der Waals surface area contributed by atoms with Gasteiger partial charge in [0.2, 0.25) is 5.91 Å². The molecule has 2 aromatic rings. The van der Waals surface area contributed by atoms with E-state index in [4.69, 9.17) is 9.47 Å². The summed E-state index contributed by atoms with van der Waals surface area (Å²) in [5.41, 5.74) is 2.06. The average molecular weight is 347 g/mol. The minimum Gasteiger partial charge on any atom is -0.497 e. The number of amides is 1. The van der Waals surface area contributed by atoms with E-state index >= 15 is 0 Å². The van der Waals surface area contributed by atoms with Crippen LogP contribution in [0.15, 0.2) is 18.2 Å². The third-order valence-corrected chi connectivity index (χ3v) is 4.53. The van der Waals surface area contributed by atoms with Crippen LogP contribution in [0.1, 0.15) is 18.5 Å². The predicted molar refractivity (Wildman–Crippen MR) is 95.1 cm³/mol. The molecule has 1 amide bonds. The van der Waals surface area contributed by atoms with Crippen LogP contribution in [0.3, 0.4) is 0 Å². The van der Waals surface area contributed by atoms with Gasteiger partial charge in [-0.3, -0.25) is 4.79 Å². The quantitative estimate of drug-likeness (QED) is 0.560. The molecule has 2 atom stereocenters. The van der Waals surface area contributed by atoms with Gasteiger partial charge in [0, 0.05) is 36.3 Å². The van der Waals surface area contributed by atoms with Crippen molar-refractivity contribution in [2.24, 2.45) is 0 Å². The number of β-amino-alcohol motifs (C(OH)–C–C–N with tert-alkyl or cyclic N) is 1. The molecule has 7 nitrogen and oxygen atoms in total. The SMILES string of the molecule is COc1cc(OC)c2cc(CCCNC(=O)C3CC(O)CN3)[nH]c2c1. The van der Waals surface area contributed by atoms with Crippen molar-refractivity contribution in [3.8, 4) is 11.5 Å². The van der Waals surface area contributed by atoms with Gasteiger partial charge in [0.25, 0.3) is 0 Å². The van der Waals surface area contributed by atoms with Gasteiger partial charge in [-0.1, -0.05) is 0 Å². The molecule has 25 heavy (non-hydrogen) atoms. The van der Waals surface area contributed by atoms with Gasteiger partial charge < -0.3 is 30.2 Å². The summed E-state index contributed by atoms with van der Waals surface area (Å²) in [6, 6.07) is 5.60. The summed E-state index contributed by atoms with van der Waals surface area (Å²) < 4.78 is 10.7. The molecule has 1 saturated heterocycles. The first-order chi connectivity index (χ1) is 12.1. The number of nitrogens with one attached hydrogen (secondary N) is 3. The highest BCUT2D eigenvalue weighted by Crippen LogP contribution is 2.31. The minimum atomic E-state index is -0.422. The molecule has 0 bridgehead atoms. The number of rotatable bonds is 7. The van der Waals surface area contributed by atoms with Crippen molar-refractivity contribution in [1.29, 1.82) is 0 Å². The molecule has 2 unspecified atom stereocenters. The lowest BCUT2D eigenvalue weighted by Gasteiger charge is -2.10. The summed E-state index contributed by atoms with van der Waals surface area (Å²) in [6.07, 6.45) is 1.71. The number of fused-ring (bicyclic) bond motifs is 1. The van der Waals surface area contributed by atoms with Crippen molar-refractivity contribution >= 4 is 16.8 Å². The first-order valence-corrected chi connectivity index (χ1v) is 8.53. The molecule has 136 valence electrons. The lowest BCUT2D eigenvalue weighted by molar-refractivity contribution is -0.122. The number of ether oxygens (including phenoxy) is 2. The van der Waals surface area contributed by atoms with E-state index in [2.05, 4.69) is 21.7 Å².